The van der Waals surface area contributed by atoms with E-state index in [1.54, 1.807) is 0 Å². The first-order chi connectivity index (χ1) is 13.7. The highest BCUT2D eigenvalue weighted by molar-refractivity contribution is 7.14. The van der Waals surface area contributed by atoms with Crippen molar-refractivity contribution in [3.05, 3.63) is 68.6 Å². The molecule has 150 valence electrons. The fraction of sp³-hybridized carbons (Fsp3) is 0.0588. The summed E-state index contributed by atoms with van der Waals surface area (Å²) in [6, 6.07) is 5.48. The lowest BCUT2D eigenvalue weighted by atomic mass is 10.1. The molecule has 0 radical (unpaired) electrons. The summed E-state index contributed by atoms with van der Waals surface area (Å²) in [6.07, 6.45) is 0. The average molecular weight is 427 g/mol. The number of hydrogen-bond acceptors (Lipinski definition) is 6. The van der Waals surface area contributed by atoms with Crippen molar-refractivity contribution in [1.82, 2.24) is 4.98 Å². The topological polar surface area (TPSA) is 94.4 Å². The third kappa shape index (κ3) is 3.74. The van der Waals surface area contributed by atoms with E-state index in [0.29, 0.717) is 5.56 Å². The molecule has 3 aromatic rings. The molecule has 0 bridgehead atoms. The number of benzene rings is 2. The second-order valence-corrected chi connectivity index (χ2v) is 6.32. The summed E-state index contributed by atoms with van der Waals surface area (Å²) in [5, 5.41) is 14.2. The molecule has 29 heavy (non-hydrogen) atoms. The van der Waals surface area contributed by atoms with E-state index in [1.807, 2.05) is 5.32 Å². The third-order valence-electron chi connectivity index (χ3n) is 3.73. The van der Waals surface area contributed by atoms with Crippen LogP contribution in [0.25, 0.3) is 11.3 Å². The minimum Gasteiger partial charge on any atom is -0.491 e. The lowest BCUT2D eigenvalue weighted by Gasteiger charge is -2.10. The molecule has 1 N–H and O–H groups in total. The van der Waals surface area contributed by atoms with Gasteiger partial charge in [0.1, 0.15) is 5.56 Å². The van der Waals surface area contributed by atoms with E-state index in [4.69, 9.17) is 0 Å². The van der Waals surface area contributed by atoms with Crippen LogP contribution < -0.4 is 10.1 Å². The van der Waals surface area contributed by atoms with Gasteiger partial charge >= 0.3 is 0 Å². The zero-order chi connectivity index (χ0) is 21.3. The monoisotopic (exact) mass is 427 g/mol. The van der Waals surface area contributed by atoms with Gasteiger partial charge in [-0.2, -0.15) is 8.78 Å². The van der Waals surface area contributed by atoms with E-state index >= 15 is 0 Å². The normalized spacial score (nSPS) is 10.7. The maximum atomic E-state index is 14.0. The molecule has 1 heterocycles. The van der Waals surface area contributed by atoms with Gasteiger partial charge in [-0.05, 0) is 0 Å². The van der Waals surface area contributed by atoms with Crippen LogP contribution in [-0.4, -0.2) is 22.9 Å². The zero-order valence-corrected chi connectivity index (χ0v) is 15.2. The van der Waals surface area contributed by atoms with E-state index in [1.165, 1.54) is 29.6 Å². The van der Waals surface area contributed by atoms with Crippen molar-refractivity contribution in [2.45, 2.75) is 0 Å². The van der Waals surface area contributed by atoms with Crippen LogP contribution >= 0.6 is 11.3 Å². The number of hydrogen-bond donors (Lipinski definition) is 1. The minimum atomic E-state index is -1.92. The second kappa shape index (κ2) is 7.83. The van der Waals surface area contributed by atoms with Crippen LogP contribution in [0.3, 0.4) is 0 Å². The van der Waals surface area contributed by atoms with E-state index in [9.17, 15) is 32.5 Å². The number of non-ortho nitro benzene ring substituents is 1. The van der Waals surface area contributed by atoms with Gasteiger partial charge in [0.05, 0.1) is 17.7 Å². The van der Waals surface area contributed by atoms with Crippen molar-refractivity contribution in [3.63, 3.8) is 0 Å². The van der Waals surface area contributed by atoms with Gasteiger partial charge in [0.25, 0.3) is 11.6 Å². The fourth-order valence-corrected chi connectivity index (χ4v) is 3.11. The van der Waals surface area contributed by atoms with E-state index in [-0.39, 0.29) is 16.5 Å². The van der Waals surface area contributed by atoms with Crippen LogP contribution in [0.2, 0.25) is 0 Å². The highest BCUT2D eigenvalue weighted by atomic mass is 32.1. The maximum absolute atomic E-state index is 14.0. The van der Waals surface area contributed by atoms with E-state index in [0.717, 1.165) is 18.4 Å². The first-order valence-electron chi connectivity index (χ1n) is 7.66. The molecule has 0 saturated carbocycles. The van der Waals surface area contributed by atoms with Gasteiger partial charge in [0, 0.05) is 23.1 Å². The molecule has 0 saturated heterocycles. The number of thiazole rings is 1. The molecule has 0 aliphatic heterocycles. The van der Waals surface area contributed by atoms with Crippen LogP contribution in [0.5, 0.6) is 5.75 Å². The van der Waals surface area contributed by atoms with Gasteiger partial charge in [0.2, 0.25) is 11.6 Å². The number of anilines is 1. The molecule has 1 amide bonds. The SMILES string of the molecule is COc1c(F)c(F)c(C(=O)Nc2nc(-c3cccc([N+](=O)[O-])c3)cs2)c(F)c1F. The molecule has 0 unspecified atom stereocenters. The predicted octanol–water partition coefficient (Wildman–Crippen LogP) is 4.54. The van der Waals surface area contributed by atoms with Gasteiger partial charge in [-0.25, -0.2) is 13.8 Å². The van der Waals surface area contributed by atoms with Crippen LogP contribution in [-0.2, 0) is 0 Å². The number of nitrogens with zero attached hydrogens (tertiary/aromatic N) is 2. The Bertz CT molecular complexity index is 1110. The van der Waals surface area contributed by atoms with E-state index < -0.39 is 45.4 Å². The standard InChI is InChI=1S/C17H9F4N3O4S/c1-28-15-13(20)11(18)10(12(19)14(15)21)16(25)23-17-22-9(6-29-17)7-3-2-4-8(5-7)24(26)27/h2-6H,1H3,(H,22,23,25). The predicted molar refractivity (Wildman–Crippen MR) is 95.0 cm³/mol. The first-order valence-corrected chi connectivity index (χ1v) is 8.54. The summed E-state index contributed by atoms with van der Waals surface area (Å²) in [7, 11) is 0.811. The quantitative estimate of drug-likeness (QED) is 0.279. The van der Waals surface area contributed by atoms with Crippen LogP contribution in [0.1, 0.15) is 10.4 Å². The van der Waals surface area contributed by atoms with Gasteiger partial charge in [-0.1, -0.05) is 12.1 Å². The fourth-order valence-electron chi connectivity index (χ4n) is 2.39. The average Bonchev–Trinajstić information content (AvgIpc) is 3.15. The van der Waals surface area contributed by atoms with Crippen molar-refractivity contribution >= 4 is 28.1 Å². The molecule has 2 aromatic carbocycles. The van der Waals surface area contributed by atoms with Gasteiger partial charge in [0.15, 0.2) is 22.5 Å². The Morgan fingerprint density at radius 3 is 2.41 bits per heavy atom. The largest absolute Gasteiger partial charge is 0.491 e. The number of carbonyl (C=O) groups is 1. The lowest BCUT2D eigenvalue weighted by Crippen LogP contribution is -2.18. The van der Waals surface area contributed by atoms with Gasteiger partial charge in [-0.3, -0.25) is 20.2 Å². The number of ether oxygens (including phenoxy) is 1. The molecule has 1 aromatic heterocycles. The summed E-state index contributed by atoms with van der Waals surface area (Å²) in [5.74, 6) is -10.3. The number of amides is 1. The second-order valence-electron chi connectivity index (χ2n) is 5.46. The summed E-state index contributed by atoms with van der Waals surface area (Å²) in [4.78, 5) is 26.4. The van der Waals surface area contributed by atoms with Crippen molar-refractivity contribution in [2.75, 3.05) is 12.4 Å². The van der Waals surface area contributed by atoms with Crippen LogP contribution in [0, 0.1) is 33.4 Å². The van der Waals surface area contributed by atoms with E-state index in [2.05, 4.69) is 9.72 Å². The Morgan fingerprint density at radius 2 is 1.83 bits per heavy atom. The van der Waals surface area contributed by atoms with Gasteiger partial charge < -0.3 is 4.74 Å². The zero-order valence-electron chi connectivity index (χ0n) is 14.3. The minimum absolute atomic E-state index is 0.146. The molecule has 0 aliphatic rings. The molecule has 0 aliphatic carbocycles. The Kier molecular flexibility index (Phi) is 5.46. The molecular formula is C17H9F4N3O4S. The first kappa shape index (κ1) is 20.2. The highest BCUT2D eigenvalue weighted by Gasteiger charge is 2.30. The van der Waals surface area contributed by atoms with Crippen molar-refractivity contribution in [1.29, 1.82) is 0 Å². The molecule has 12 heteroatoms. The number of nitro groups is 1. The number of aromatic nitrogens is 1. The number of carbonyl (C=O) groups excluding carboxylic acids is 1. The Labute approximate surface area is 163 Å². The van der Waals surface area contributed by atoms with Crippen molar-refractivity contribution in [3.8, 4) is 17.0 Å². The highest BCUT2D eigenvalue weighted by Crippen LogP contribution is 2.31. The maximum Gasteiger partial charge on any atom is 0.270 e. The van der Waals surface area contributed by atoms with Crippen molar-refractivity contribution in [2.24, 2.45) is 0 Å². The molecule has 0 spiro atoms. The van der Waals surface area contributed by atoms with Crippen LogP contribution in [0.15, 0.2) is 29.6 Å². The molecule has 0 atom stereocenters. The Balaban J connectivity index is 1.90. The number of methoxy groups -OCH3 is 1. The summed E-state index contributed by atoms with van der Waals surface area (Å²) in [6.45, 7) is 0. The van der Waals surface area contributed by atoms with Crippen molar-refractivity contribution < 1.29 is 32.0 Å². The molecule has 0 fully saturated rings. The number of nitro benzene ring substituents is 1. The third-order valence-corrected chi connectivity index (χ3v) is 4.49. The number of rotatable bonds is 5. The number of halogens is 4. The summed E-state index contributed by atoms with van der Waals surface area (Å²) in [5.41, 5.74) is -1.07. The molecule has 3 rings (SSSR count). The smallest absolute Gasteiger partial charge is 0.270 e. The lowest BCUT2D eigenvalue weighted by molar-refractivity contribution is -0.384. The molecular weight excluding hydrogens is 418 g/mol. The van der Waals surface area contributed by atoms with Gasteiger partial charge in [-0.15, -0.1) is 11.3 Å². The summed E-state index contributed by atoms with van der Waals surface area (Å²) >= 11 is 0.839. The Hall–Kier alpha value is -3.54. The number of nitrogens with one attached hydrogen (secondary N) is 1. The van der Waals surface area contributed by atoms with Crippen LogP contribution in [0.4, 0.5) is 28.4 Å². The molecule has 7 nitrogen and oxygen atoms in total. The Morgan fingerprint density at radius 1 is 1.17 bits per heavy atom. The summed E-state index contributed by atoms with van der Waals surface area (Å²) < 4.78 is 59.9.